The zero-order chi connectivity index (χ0) is 21.2. The SMILES string of the molecule is CN=C(NCc1ccc(C)cc1OCC1CCOC1)NCC(C)Oc1ccccc1. The largest absolute Gasteiger partial charge is 0.493 e. The Kier molecular flexibility index (Phi) is 8.39. The molecule has 30 heavy (non-hydrogen) atoms. The zero-order valence-corrected chi connectivity index (χ0v) is 18.2. The Labute approximate surface area is 179 Å². The van der Waals surface area contributed by atoms with Crippen molar-refractivity contribution in [1.82, 2.24) is 10.6 Å². The molecule has 2 atom stereocenters. The molecule has 0 saturated carbocycles. The fourth-order valence-electron chi connectivity index (χ4n) is 3.28. The van der Waals surface area contributed by atoms with E-state index in [0.717, 1.165) is 42.7 Å². The highest BCUT2D eigenvalue weighted by atomic mass is 16.5. The summed E-state index contributed by atoms with van der Waals surface area (Å²) < 4.78 is 17.5. The number of guanidine groups is 1. The Morgan fingerprint density at radius 2 is 2.03 bits per heavy atom. The van der Waals surface area contributed by atoms with Crippen LogP contribution in [-0.4, -0.2) is 45.5 Å². The van der Waals surface area contributed by atoms with E-state index in [1.165, 1.54) is 5.56 Å². The summed E-state index contributed by atoms with van der Waals surface area (Å²) in [5, 5.41) is 6.70. The average Bonchev–Trinajstić information content (AvgIpc) is 3.28. The topological polar surface area (TPSA) is 64.1 Å². The zero-order valence-electron chi connectivity index (χ0n) is 18.2. The van der Waals surface area contributed by atoms with Crippen LogP contribution < -0.4 is 20.1 Å². The van der Waals surface area contributed by atoms with Gasteiger partial charge >= 0.3 is 0 Å². The fraction of sp³-hybridized carbons (Fsp3) is 0.458. The molecule has 1 aliphatic rings. The van der Waals surface area contributed by atoms with Crippen LogP contribution in [0.3, 0.4) is 0 Å². The molecule has 0 aliphatic carbocycles. The molecule has 0 aromatic heterocycles. The van der Waals surface area contributed by atoms with Gasteiger partial charge in [0.2, 0.25) is 0 Å². The first-order valence-electron chi connectivity index (χ1n) is 10.6. The number of ether oxygens (including phenoxy) is 3. The van der Waals surface area contributed by atoms with E-state index in [0.29, 0.717) is 25.6 Å². The normalized spacial score (nSPS) is 17.4. The van der Waals surface area contributed by atoms with Gasteiger partial charge in [-0.25, -0.2) is 0 Å². The molecule has 2 unspecified atom stereocenters. The molecule has 3 rings (SSSR count). The Morgan fingerprint density at radius 1 is 1.20 bits per heavy atom. The Hall–Kier alpha value is -2.73. The predicted octanol–water partition coefficient (Wildman–Crippen LogP) is 3.54. The van der Waals surface area contributed by atoms with Crippen molar-refractivity contribution in [3.8, 4) is 11.5 Å². The lowest BCUT2D eigenvalue weighted by molar-refractivity contribution is 0.166. The first-order valence-corrected chi connectivity index (χ1v) is 10.6. The van der Waals surface area contributed by atoms with Crippen LogP contribution in [0.25, 0.3) is 0 Å². The van der Waals surface area contributed by atoms with Crippen molar-refractivity contribution in [2.24, 2.45) is 10.9 Å². The van der Waals surface area contributed by atoms with E-state index in [2.05, 4.69) is 40.7 Å². The van der Waals surface area contributed by atoms with Gasteiger partial charge in [0.15, 0.2) is 5.96 Å². The quantitative estimate of drug-likeness (QED) is 0.488. The van der Waals surface area contributed by atoms with E-state index in [4.69, 9.17) is 14.2 Å². The van der Waals surface area contributed by atoms with Crippen molar-refractivity contribution in [3.63, 3.8) is 0 Å². The molecule has 2 aromatic carbocycles. The minimum atomic E-state index is 0.0119. The number of hydrogen-bond acceptors (Lipinski definition) is 4. The molecule has 1 saturated heterocycles. The summed E-state index contributed by atoms with van der Waals surface area (Å²) in [6, 6.07) is 16.1. The number of nitrogens with zero attached hydrogens (tertiary/aromatic N) is 1. The average molecular weight is 412 g/mol. The number of hydrogen-bond donors (Lipinski definition) is 2. The molecule has 0 radical (unpaired) electrons. The maximum Gasteiger partial charge on any atom is 0.191 e. The van der Waals surface area contributed by atoms with E-state index in [1.807, 2.05) is 37.3 Å². The van der Waals surface area contributed by atoms with Gasteiger partial charge in [0.1, 0.15) is 17.6 Å². The minimum Gasteiger partial charge on any atom is -0.493 e. The van der Waals surface area contributed by atoms with Crippen molar-refractivity contribution in [2.45, 2.75) is 32.9 Å². The summed E-state index contributed by atoms with van der Waals surface area (Å²) >= 11 is 0. The minimum absolute atomic E-state index is 0.0119. The van der Waals surface area contributed by atoms with Crippen LogP contribution in [0, 0.1) is 12.8 Å². The van der Waals surface area contributed by atoms with Crippen LogP contribution >= 0.6 is 0 Å². The van der Waals surface area contributed by atoms with Crippen molar-refractivity contribution < 1.29 is 14.2 Å². The summed E-state index contributed by atoms with van der Waals surface area (Å²) in [5.74, 6) is 3.00. The maximum atomic E-state index is 6.13. The molecule has 2 aromatic rings. The van der Waals surface area contributed by atoms with Gasteiger partial charge in [0.25, 0.3) is 0 Å². The van der Waals surface area contributed by atoms with Gasteiger partial charge in [-0.3, -0.25) is 4.99 Å². The smallest absolute Gasteiger partial charge is 0.191 e. The third kappa shape index (κ3) is 6.95. The second-order valence-corrected chi connectivity index (χ2v) is 7.70. The molecule has 1 fully saturated rings. The first-order chi connectivity index (χ1) is 14.6. The number of aliphatic imine (C=N–C) groups is 1. The molecular weight excluding hydrogens is 378 g/mol. The van der Waals surface area contributed by atoms with E-state index in [-0.39, 0.29) is 6.10 Å². The molecule has 2 N–H and O–H groups in total. The van der Waals surface area contributed by atoms with Crippen LogP contribution in [0.15, 0.2) is 53.5 Å². The summed E-state index contributed by atoms with van der Waals surface area (Å²) in [7, 11) is 1.77. The lowest BCUT2D eigenvalue weighted by Gasteiger charge is -2.19. The Balaban J connectivity index is 1.49. The van der Waals surface area contributed by atoms with Crippen molar-refractivity contribution in [1.29, 1.82) is 0 Å². The summed E-state index contributed by atoms with van der Waals surface area (Å²) in [4.78, 5) is 4.32. The second kappa shape index (κ2) is 11.5. The number of para-hydroxylation sites is 1. The third-order valence-corrected chi connectivity index (χ3v) is 5.03. The molecule has 0 spiro atoms. The monoisotopic (exact) mass is 411 g/mol. The lowest BCUT2D eigenvalue weighted by atomic mass is 10.1. The second-order valence-electron chi connectivity index (χ2n) is 7.70. The number of nitrogens with one attached hydrogen (secondary N) is 2. The molecule has 1 aliphatic heterocycles. The number of aryl methyl sites for hydroxylation is 1. The van der Waals surface area contributed by atoms with Crippen LogP contribution in [0.4, 0.5) is 0 Å². The van der Waals surface area contributed by atoms with Crippen molar-refractivity contribution in [3.05, 3.63) is 59.7 Å². The van der Waals surface area contributed by atoms with E-state index in [1.54, 1.807) is 7.05 Å². The molecular formula is C24H33N3O3. The van der Waals surface area contributed by atoms with Gasteiger partial charge in [-0.15, -0.1) is 0 Å². The number of benzene rings is 2. The highest BCUT2D eigenvalue weighted by Gasteiger charge is 2.17. The predicted molar refractivity (Wildman–Crippen MR) is 120 cm³/mol. The Bertz CT molecular complexity index is 805. The van der Waals surface area contributed by atoms with Crippen molar-refractivity contribution >= 4 is 5.96 Å². The number of rotatable bonds is 9. The summed E-state index contributed by atoms with van der Waals surface area (Å²) in [6.07, 6.45) is 1.08. The van der Waals surface area contributed by atoms with Gasteiger partial charge in [-0.1, -0.05) is 30.3 Å². The standard InChI is InChI=1S/C24H33N3O3/c1-18-9-10-21(23(13-18)29-17-20-11-12-28-16-20)15-27-24(25-3)26-14-19(2)30-22-7-5-4-6-8-22/h4-10,13,19-20H,11-12,14-17H2,1-3H3,(H2,25,26,27). The van der Waals surface area contributed by atoms with Gasteiger partial charge in [-0.2, -0.15) is 0 Å². The van der Waals surface area contributed by atoms with Crippen LogP contribution in [0.2, 0.25) is 0 Å². The third-order valence-electron chi connectivity index (χ3n) is 5.03. The van der Waals surface area contributed by atoms with E-state index in [9.17, 15) is 0 Å². The van der Waals surface area contributed by atoms with Crippen molar-refractivity contribution in [2.75, 3.05) is 33.4 Å². The van der Waals surface area contributed by atoms with Gasteiger partial charge in [0, 0.05) is 31.7 Å². The molecule has 6 nitrogen and oxygen atoms in total. The van der Waals surface area contributed by atoms with Gasteiger partial charge in [0.05, 0.1) is 19.8 Å². The molecule has 0 amide bonds. The Morgan fingerprint density at radius 3 is 2.77 bits per heavy atom. The fourth-order valence-corrected chi connectivity index (χ4v) is 3.28. The lowest BCUT2D eigenvalue weighted by Crippen LogP contribution is -2.41. The van der Waals surface area contributed by atoms with E-state index < -0.39 is 0 Å². The molecule has 162 valence electrons. The maximum absolute atomic E-state index is 6.13. The van der Waals surface area contributed by atoms with Crippen LogP contribution in [0.1, 0.15) is 24.5 Å². The summed E-state index contributed by atoms with van der Waals surface area (Å²) in [5.41, 5.74) is 2.29. The van der Waals surface area contributed by atoms with Crippen LogP contribution in [0.5, 0.6) is 11.5 Å². The van der Waals surface area contributed by atoms with Gasteiger partial charge < -0.3 is 24.8 Å². The molecule has 6 heteroatoms. The molecule has 1 heterocycles. The molecule has 0 bridgehead atoms. The van der Waals surface area contributed by atoms with Crippen LogP contribution in [-0.2, 0) is 11.3 Å². The first kappa shape index (κ1) is 22.0. The summed E-state index contributed by atoms with van der Waals surface area (Å²) in [6.45, 7) is 7.71. The van der Waals surface area contributed by atoms with Gasteiger partial charge in [-0.05, 0) is 44.0 Å². The highest BCUT2D eigenvalue weighted by Crippen LogP contribution is 2.22. The highest BCUT2D eigenvalue weighted by molar-refractivity contribution is 5.79. The van der Waals surface area contributed by atoms with E-state index >= 15 is 0 Å².